The van der Waals surface area contributed by atoms with Crippen LogP contribution in [0.2, 0.25) is 0 Å². The van der Waals surface area contributed by atoms with Gasteiger partial charge in [0.2, 0.25) is 5.75 Å². The molecule has 18 heavy (non-hydrogen) atoms. The van der Waals surface area contributed by atoms with Gasteiger partial charge < -0.3 is 20.3 Å². The predicted octanol–water partition coefficient (Wildman–Crippen LogP) is 1.21. The summed E-state index contributed by atoms with van der Waals surface area (Å²) >= 11 is 0. The van der Waals surface area contributed by atoms with Crippen LogP contribution in [-0.4, -0.2) is 27.8 Å². The van der Waals surface area contributed by atoms with Gasteiger partial charge in [-0.3, -0.25) is 10.1 Å². The summed E-state index contributed by atoms with van der Waals surface area (Å²) in [5.74, 6) is -1.42. The molecule has 98 valence electrons. The van der Waals surface area contributed by atoms with E-state index in [0.29, 0.717) is 0 Å². The molecule has 1 aromatic carbocycles. The highest BCUT2D eigenvalue weighted by molar-refractivity contribution is 5.85. The lowest BCUT2D eigenvalue weighted by Crippen LogP contribution is -2.18. The summed E-state index contributed by atoms with van der Waals surface area (Å²) < 4.78 is 4.63. The van der Waals surface area contributed by atoms with E-state index in [1.54, 1.807) is 0 Å². The molecule has 0 bridgehead atoms. The van der Waals surface area contributed by atoms with Crippen LogP contribution in [0.5, 0.6) is 11.5 Å². The fourth-order valence-corrected chi connectivity index (χ4v) is 1.53. The van der Waals surface area contributed by atoms with Gasteiger partial charge in [-0.25, -0.2) is 4.79 Å². The van der Waals surface area contributed by atoms with Crippen LogP contribution in [-0.2, 0) is 4.74 Å². The highest BCUT2D eigenvalue weighted by Gasteiger charge is 2.28. The Hall–Kier alpha value is -2.22. The minimum atomic E-state index is -0.823. The molecule has 1 aliphatic heterocycles. The van der Waals surface area contributed by atoms with E-state index in [-0.39, 0.29) is 24.6 Å². The number of cyclic esters (lactones) is 1. The molecule has 2 rings (SSSR count). The highest BCUT2D eigenvalue weighted by Crippen LogP contribution is 2.38. The Morgan fingerprint density at radius 3 is 2.61 bits per heavy atom. The van der Waals surface area contributed by atoms with E-state index < -0.39 is 34.2 Å². The zero-order valence-electron chi connectivity index (χ0n) is 8.82. The van der Waals surface area contributed by atoms with Crippen molar-refractivity contribution >= 4 is 24.2 Å². The summed E-state index contributed by atoms with van der Waals surface area (Å²) in [6, 6.07) is 1.64. The SMILES string of the molecule is Cl.O=C1N[C@H](c2cc(O)c(O)c([N+](=O)[O-])c2)CO1. The number of carbonyl (C=O) groups is 1. The fourth-order valence-electron chi connectivity index (χ4n) is 1.53. The number of ether oxygens (including phenoxy) is 1. The zero-order chi connectivity index (χ0) is 12.6. The number of hydrogen-bond donors (Lipinski definition) is 3. The quantitative estimate of drug-likeness (QED) is 0.424. The first-order valence-electron chi connectivity index (χ1n) is 4.62. The number of benzene rings is 1. The summed E-state index contributed by atoms with van der Waals surface area (Å²) in [6.45, 7) is 0.0141. The Labute approximate surface area is 107 Å². The van der Waals surface area contributed by atoms with Crippen molar-refractivity contribution in [1.29, 1.82) is 0 Å². The molecule has 0 aromatic heterocycles. The number of phenols is 2. The number of alkyl carbamates (subject to hydrolysis) is 1. The number of nitro benzene ring substituents is 1. The molecule has 1 saturated heterocycles. The smallest absolute Gasteiger partial charge is 0.407 e. The number of nitro groups is 1. The first kappa shape index (κ1) is 13.8. The normalized spacial score (nSPS) is 17.6. The molecule has 1 amide bonds. The van der Waals surface area contributed by atoms with Crippen molar-refractivity contribution in [2.24, 2.45) is 0 Å². The first-order chi connectivity index (χ1) is 7.99. The Kier molecular flexibility index (Phi) is 3.82. The van der Waals surface area contributed by atoms with E-state index in [1.165, 1.54) is 0 Å². The van der Waals surface area contributed by atoms with E-state index in [1.807, 2.05) is 0 Å². The maximum atomic E-state index is 10.8. The molecule has 0 radical (unpaired) electrons. The minimum absolute atomic E-state index is 0. The summed E-state index contributed by atoms with van der Waals surface area (Å²) in [6.07, 6.45) is -0.634. The van der Waals surface area contributed by atoms with Crippen LogP contribution in [0, 0.1) is 10.1 Å². The van der Waals surface area contributed by atoms with Gasteiger partial charge in [-0.1, -0.05) is 0 Å². The van der Waals surface area contributed by atoms with Crippen LogP contribution in [0.15, 0.2) is 12.1 Å². The molecule has 0 aliphatic carbocycles. The van der Waals surface area contributed by atoms with Crippen molar-refractivity contribution in [3.63, 3.8) is 0 Å². The Morgan fingerprint density at radius 2 is 2.11 bits per heavy atom. The number of aromatic hydroxyl groups is 2. The monoisotopic (exact) mass is 276 g/mol. The zero-order valence-corrected chi connectivity index (χ0v) is 9.64. The van der Waals surface area contributed by atoms with Crippen molar-refractivity contribution < 1.29 is 24.7 Å². The second-order valence-corrected chi connectivity index (χ2v) is 3.46. The average molecular weight is 277 g/mol. The number of nitrogens with zero attached hydrogens (tertiary/aromatic N) is 1. The molecule has 1 fully saturated rings. The number of phenolic OH excluding ortho intramolecular Hbond substituents is 2. The molecule has 8 nitrogen and oxygen atoms in total. The van der Waals surface area contributed by atoms with Gasteiger partial charge in [0.25, 0.3) is 0 Å². The molecule has 9 heteroatoms. The van der Waals surface area contributed by atoms with E-state index in [9.17, 15) is 25.1 Å². The number of halogens is 1. The van der Waals surface area contributed by atoms with E-state index >= 15 is 0 Å². The minimum Gasteiger partial charge on any atom is -0.504 e. The van der Waals surface area contributed by atoms with Crippen molar-refractivity contribution in [1.82, 2.24) is 5.32 Å². The number of amides is 1. The molecule has 1 aromatic rings. The number of nitrogens with one attached hydrogen (secondary N) is 1. The van der Waals surface area contributed by atoms with Gasteiger partial charge in [0, 0.05) is 6.07 Å². The summed E-state index contributed by atoms with van der Waals surface area (Å²) in [5, 5.41) is 31.7. The first-order valence-corrected chi connectivity index (χ1v) is 4.62. The van der Waals surface area contributed by atoms with Crippen LogP contribution < -0.4 is 5.32 Å². The Balaban J connectivity index is 0.00000162. The van der Waals surface area contributed by atoms with E-state index in [2.05, 4.69) is 10.1 Å². The van der Waals surface area contributed by atoms with E-state index in [0.717, 1.165) is 12.1 Å². The second kappa shape index (κ2) is 4.96. The topological polar surface area (TPSA) is 122 Å². The molecule has 0 spiro atoms. The van der Waals surface area contributed by atoms with Gasteiger partial charge in [0.1, 0.15) is 6.61 Å². The Morgan fingerprint density at radius 1 is 1.44 bits per heavy atom. The van der Waals surface area contributed by atoms with Crippen molar-refractivity contribution in [3.05, 3.63) is 27.8 Å². The second-order valence-electron chi connectivity index (χ2n) is 3.46. The van der Waals surface area contributed by atoms with Gasteiger partial charge >= 0.3 is 11.8 Å². The number of carbonyl (C=O) groups excluding carboxylic acids is 1. The Bertz CT molecular complexity index is 506. The highest BCUT2D eigenvalue weighted by atomic mass is 35.5. The van der Waals surface area contributed by atoms with Crippen LogP contribution in [0.25, 0.3) is 0 Å². The largest absolute Gasteiger partial charge is 0.504 e. The maximum absolute atomic E-state index is 10.8. The average Bonchev–Trinajstić information content (AvgIpc) is 2.68. The van der Waals surface area contributed by atoms with Gasteiger partial charge in [-0.15, -0.1) is 12.4 Å². The van der Waals surface area contributed by atoms with Crippen molar-refractivity contribution in [2.45, 2.75) is 6.04 Å². The molecule has 0 unspecified atom stereocenters. The fraction of sp³-hybridized carbons (Fsp3) is 0.222. The lowest BCUT2D eigenvalue weighted by atomic mass is 10.1. The number of hydrogen-bond acceptors (Lipinski definition) is 6. The van der Waals surface area contributed by atoms with Crippen LogP contribution in [0.4, 0.5) is 10.5 Å². The van der Waals surface area contributed by atoms with Gasteiger partial charge in [-0.05, 0) is 11.6 Å². The van der Waals surface area contributed by atoms with Gasteiger partial charge in [0.15, 0.2) is 5.75 Å². The number of rotatable bonds is 2. The third-order valence-corrected chi connectivity index (χ3v) is 2.36. The van der Waals surface area contributed by atoms with Crippen molar-refractivity contribution in [2.75, 3.05) is 6.61 Å². The summed E-state index contributed by atoms with van der Waals surface area (Å²) in [7, 11) is 0. The standard InChI is InChI=1S/C9H8N2O6.ClH/c12-7-2-4(5-3-17-9(14)10-5)1-6(8(7)13)11(15)16;/h1-2,5,12-13H,3H2,(H,10,14);1H/t5-;/m0./s1. The lowest BCUT2D eigenvalue weighted by Gasteiger charge is -2.09. The summed E-state index contributed by atoms with van der Waals surface area (Å²) in [4.78, 5) is 20.6. The molecule has 1 aliphatic rings. The predicted molar refractivity (Wildman–Crippen MR) is 60.9 cm³/mol. The molecular formula is C9H9ClN2O6. The van der Waals surface area contributed by atoms with Gasteiger partial charge in [-0.2, -0.15) is 0 Å². The van der Waals surface area contributed by atoms with Gasteiger partial charge in [0.05, 0.1) is 11.0 Å². The summed E-state index contributed by atoms with van der Waals surface area (Å²) in [5.41, 5.74) is -0.334. The van der Waals surface area contributed by atoms with Crippen LogP contribution >= 0.6 is 12.4 Å². The van der Waals surface area contributed by atoms with Crippen LogP contribution in [0.3, 0.4) is 0 Å². The lowest BCUT2D eigenvalue weighted by molar-refractivity contribution is -0.386. The van der Waals surface area contributed by atoms with Crippen LogP contribution in [0.1, 0.15) is 11.6 Å². The third-order valence-electron chi connectivity index (χ3n) is 2.36. The molecule has 1 atom stereocenters. The molecule has 3 N–H and O–H groups in total. The van der Waals surface area contributed by atoms with Crippen molar-refractivity contribution in [3.8, 4) is 11.5 Å². The molecular weight excluding hydrogens is 268 g/mol. The van der Waals surface area contributed by atoms with E-state index in [4.69, 9.17) is 0 Å². The molecule has 1 heterocycles. The third kappa shape index (κ3) is 2.38. The maximum Gasteiger partial charge on any atom is 0.407 e. The molecule has 0 saturated carbocycles.